The van der Waals surface area contributed by atoms with Gasteiger partial charge in [-0.25, -0.2) is 17.5 Å². The lowest BCUT2D eigenvalue weighted by atomic mass is 9.75. The number of nitrogens with zero attached hydrogens (tertiary/aromatic N) is 4. The molecule has 10 heteroatoms. The predicted molar refractivity (Wildman–Crippen MR) is 118 cm³/mol. The van der Waals surface area contributed by atoms with E-state index < -0.39 is 21.3 Å². The standard InChI is InChI=1S/C21H26FN5O3S/c1-14-19(24-31(29,30)13-15-9-21(2,22)10-15)20(28)27(26(14)4)18-7-5-6-16(8-18)17-11-23-25(3)12-17/h5-8,11-12,15,24H,9-10,13H2,1-4H3. The molecule has 1 fully saturated rings. The first-order valence-electron chi connectivity index (χ1n) is 10.0. The van der Waals surface area contributed by atoms with E-state index in [1.807, 2.05) is 31.4 Å². The van der Waals surface area contributed by atoms with Crippen LogP contribution in [0.1, 0.15) is 25.5 Å². The Balaban J connectivity index is 1.65. The van der Waals surface area contributed by atoms with Gasteiger partial charge in [0.15, 0.2) is 0 Å². The third-order valence-electron chi connectivity index (χ3n) is 5.82. The summed E-state index contributed by atoms with van der Waals surface area (Å²) in [6.07, 6.45) is 4.04. The average molecular weight is 448 g/mol. The summed E-state index contributed by atoms with van der Waals surface area (Å²) in [6.45, 7) is 3.16. The van der Waals surface area contributed by atoms with E-state index >= 15 is 0 Å². The number of nitrogens with one attached hydrogen (secondary N) is 1. The van der Waals surface area contributed by atoms with Crippen LogP contribution in [-0.2, 0) is 24.1 Å². The number of rotatable bonds is 6. The number of halogens is 1. The molecule has 0 saturated heterocycles. The normalized spacial score (nSPS) is 21.1. The zero-order valence-corrected chi connectivity index (χ0v) is 18.8. The number of alkyl halides is 1. The van der Waals surface area contributed by atoms with Crippen molar-refractivity contribution < 1.29 is 12.8 Å². The number of hydrogen-bond acceptors (Lipinski definition) is 4. The minimum absolute atomic E-state index is 0.0108. The maximum Gasteiger partial charge on any atom is 0.296 e. The highest BCUT2D eigenvalue weighted by molar-refractivity contribution is 7.92. The second-order valence-corrected chi connectivity index (χ2v) is 10.4. The van der Waals surface area contributed by atoms with E-state index in [1.54, 1.807) is 35.6 Å². The third kappa shape index (κ3) is 4.16. The Labute approximate surface area is 180 Å². The average Bonchev–Trinajstić information content (AvgIpc) is 3.17. The molecule has 31 heavy (non-hydrogen) atoms. The van der Waals surface area contributed by atoms with E-state index in [9.17, 15) is 17.6 Å². The van der Waals surface area contributed by atoms with Crippen molar-refractivity contribution in [3.63, 3.8) is 0 Å². The lowest BCUT2D eigenvalue weighted by Gasteiger charge is -2.38. The van der Waals surface area contributed by atoms with Crippen molar-refractivity contribution in [1.82, 2.24) is 19.1 Å². The summed E-state index contributed by atoms with van der Waals surface area (Å²) >= 11 is 0. The van der Waals surface area contributed by atoms with Crippen molar-refractivity contribution >= 4 is 15.7 Å². The molecule has 1 saturated carbocycles. The number of sulfonamides is 1. The van der Waals surface area contributed by atoms with Crippen LogP contribution in [0, 0.1) is 12.8 Å². The Hall–Kier alpha value is -2.88. The molecule has 1 aliphatic rings. The van der Waals surface area contributed by atoms with E-state index in [0.717, 1.165) is 11.1 Å². The van der Waals surface area contributed by atoms with Crippen molar-refractivity contribution in [1.29, 1.82) is 0 Å². The molecule has 0 amide bonds. The van der Waals surface area contributed by atoms with Crippen LogP contribution in [0.5, 0.6) is 0 Å². The predicted octanol–water partition coefficient (Wildman–Crippen LogP) is 2.76. The fourth-order valence-corrected chi connectivity index (χ4v) is 5.76. The summed E-state index contributed by atoms with van der Waals surface area (Å²) < 4.78 is 46.1. The van der Waals surface area contributed by atoms with Gasteiger partial charge in [-0.1, -0.05) is 12.1 Å². The fourth-order valence-electron chi connectivity index (χ4n) is 4.27. The molecule has 1 aromatic carbocycles. The molecule has 4 rings (SSSR count). The molecule has 0 spiro atoms. The lowest BCUT2D eigenvalue weighted by molar-refractivity contribution is 0.0362. The number of benzene rings is 1. The van der Waals surface area contributed by atoms with Crippen LogP contribution in [0.15, 0.2) is 41.5 Å². The van der Waals surface area contributed by atoms with Gasteiger partial charge in [-0.2, -0.15) is 5.10 Å². The van der Waals surface area contributed by atoms with Crippen LogP contribution in [0.3, 0.4) is 0 Å². The fraction of sp³-hybridized carbons (Fsp3) is 0.429. The second-order valence-electron chi connectivity index (χ2n) is 8.63. The Kier molecular flexibility index (Phi) is 5.07. The van der Waals surface area contributed by atoms with Gasteiger partial charge in [0, 0.05) is 25.9 Å². The minimum Gasteiger partial charge on any atom is -0.283 e. The molecule has 0 unspecified atom stereocenters. The van der Waals surface area contributed by atoms with Crippen LogP contribution >= 0.6 is 0 Å². The first-order chi connectivity index (χ1) is 14.5. The van der Waals surface area contributed by atoms with Gasteiger partial charge in [-0.15, -0.1) is 0 Å². The van der Waals surface area contributed by atoms with Crippen molar-refractivity contribution in [2.45, 2.75) is 32.4 Å². The first-order valence-corrected chi connectivity index (χ1v) is 11.7. The molecule has 1 aliphatic carbocycles. The summed E-state index contributed by atoms with van der Waals surface area (Å²) in [5, 5.41) is 4.18. The van der Waals surface area contributed by atoms with Gasteiger partial charge in [0.1, 0.15) is 11.4 Å². The quantitative estimate of drug-likeness (QED) is 0.629. The molecule has 2 heterocycles. The van der Waals surface area contributed by atoms with Gasteiger partial charge < -0.3 is 0 Å². The number of anilines is 1. The topological polar surface area (TPSA) is 90.9 Å². The molecule has 8 nitrogen and oxygen atoms in total. The Morgan fingerprint density at radius 1 is 1.26 bits per heavy atom. The zero-order chi connectivity index (χ0) is 22.6. The molecule has 166 valence electrons. The molecule has 2 aromatic heterocycles. The first kappa shape index (κ1) is 21.4. The number of hydrogen-bond donors (Lipinski definition) is 1. The van der Waals surface area contributed by atoms with E-state index in [4.69, 9.17) is 0 Å². The van der Waals surface area contributed by atoms with Crippen molar-refractivity contribution in [2.75, 3.05) is 10.5 Å². The van der Waals surface area contributed by atoms with E-state index in [1.165, 1.54) is 11.6 Å². The lowest BCUT2D eigenvalue weighted by Crippen LogP contribution is -2.41. The van der Waals surface area contributed by atoms with Gasteiger partial charge in [0.25, 0.3) is 5.56 Å². The SMILES string of the molecule is Cc1c(NS(=O)(=O)CC2CC(C)(F)C2)c(=O)n(-c2cccc(-c3cnn(C)c3)c2)n1C. The van der Waals surface area contributed by atoms with Crippen molar-refractivity contribution in [3.05, 3.63) is 52.7 Å². The van der Waals surface area contributed by atoms with Crippen molar-refractivity contribution in [2.24, 2.45) is 20.0 Å². The minimum atomic E-state index is -3.78. The summed E-state index contributed by atoms with van der Waals surface area (Å²) in [5.74, 6) is -0.438. The molecule has 1 N–H and O–H groups in total. The van der Waals surface area contributed by atoms with E-state index in [-0.39, 0.29) is 30.2 Å². The third-order valence-corrected chi connectivity index (χ3v) is 7.25. The van der Waals surface area contributed by atoms with Gasteiger partial charge in [0.05, 0.1) is 23.3 Å². The Morgan fingerprint density at radius 3 is 2.58 bits per heavy atom. The summed E-state index contributed by atoms with van der Waals surface area (Å²) in [4.78, 5) is 13.2. The second kappa shape index (κ2) is 7.37. The molecule has 3 aromatic rings. The highest BCUT2D eigenvalue weighted by Crippen LogP contribution is 2.41. The molecule has 0 bridgehead atoms. The smallest absolute Gasteiger partial charge is 0.283 e. The largest absolute Gasteiger partial charge is 0.296 e. The molecule has 0 atom stereocenters. The van der Waals surface area contributed by atoms with Crippen molar-refractivity contribution in [3.8, 4) is 16.8 Å². The molecule has 0 radical (unpaired) electrons. The Morgan fingerprint density at radius 2 is 1.97 bits per heavy atom. The number of aromatic nitrogens is 4. The van der Waals surface area contributed by atoms with Crippen LogP contribution in [0.25, 0.3) is 16.8 Å². The maximum atomic E-state index is 13.7. The maximum absolute atomic E-state index is 13.7. The molecular weight excluding hydrogens is 421 g/mol. The van der Waals surface area contributed by atoms with E-state index in [2.05, 4.69) is 9.82 Å². The summed E-state index contributed by atoms with van der Waals surface area (Å²) in [7, 11) is -0.250. The van der Waals surface area contributed by atoms with Crippen LogP contribution in [0.4, 0.5) is 10.1 Å². The zero-order valence-electron chi connectivity index (χ0n) is 18.0. The monoisotopic (exact) mass is 447 g/mol. The summed E-state index contributed by atoms with van der Waals surface area (Å²) in [5.41, 5.74) is 1.14. The van der Waals surface area contributed by atoms with Gasteiger partial charge in [-0.3, -0.25) is 18.9 Å². The molecule has 0 aliphatic heterocycles. The van der Waals surface area contributed by atoms with Gasteiger partial charge >= 0.3 is 0 Å². The Bertz CT molecular complexity index is 1290. The van der Waals surface area contributed by atoms with Crippen LogP contribution < -0.4 is 10.3 Å². The van der Waals surface area contributed by atoms with Gasteiger partial charge in [-0.05, 0) is 50.3 Å². The van der Waals surface area contributed by atoms with Crippen LogP contribution in [0.2, 0.25) is 0 Å². The molecular formula is C21H26FN5O3S. The van der Waals surface area contributed by atoms with Gasteiger partial charge in [0.2, 0.25) is 10.0 Å². The number of aryl methyl sites for hydroxylation is 1. The highest BCUT2D eigenvalue weighted by atomic mass is 32.2. The highest BCUT2D eigenvalue weighted by Gasteiger charge is 2.42. The van der Waals surface area contributed by atoms with Crippen LogP contribution in [-0.4, -0.2) is 39.0 Å². The summed E-state index contributed by atoms with van der Waals surface area (Å²) in [6, 6.07) is 7.39. The van der Waals surface area contributed by atoms with E-state index in [0.29, 0.717) is 11.4 Å².